The first kappa shape index (κ1) is 14.8. The number of hydrogen-bond donors (Lipinski definition) is 1. The van der Waals surface area contributed by atoms with Gasteiger partial charge in [-0.05, 0) is 62.3 Å². The van der Waals surface area contributed by atoms with E-state index in [1.54, 1.807) is 0 Å². The highest BCUT2D eigenvalue weighted by Gasteiger charge is 2.42. The molecule has 0 heterocycles. The number of halogens is 1. The van der Waals surface area contributed by atoms with Gasteiger partial charge in [-0.3, -0.25) is 0 Å². The van der Waals surface area contributed by atoms with E-state index in [9.17, 15) is 9.18 Å². The molecule has 0 atom stereocenters. The van der Waals surface area contributed by atoms with Crippen molar-refractivity contribution in [3.8, 4) is 0 Å². The van der Waals surface area contributed by atoms with Crippen molar-refractivity contribution in [3.05, 3.63) is 29.6 Å². The Morgan fingerprint density at radius 1 is 1.35 bits per heavy atom. The molecule has 4 heteroatoms. The highest BCUT2D eigenvalue weighted by Crippen LogP contribution is 2.35. The third-order valence-corrected chi connectivity index (χ3v) is 4.13. The van der Waals surface area contributed by atoms with Crippen LogP contribution in [-0.2, 0) is 9.53 Å². The molecule has 1 N–H and O–H groups in total. The number of aryl methyl sites for hydroxylation is 1. The Labute approximate surface area is 119 Å². The molecule has 0 spiro atoms. The lowest BCUT2D eigenvalue weighted by Gasteiger charge is -2.38. The number of anilines is 1. The van der Waals surface area contributed by atoms with E-state index in [2.05, 4.69) is 12.2 Å². The summed E-state index contributed by atoms with van der Waals surface area (Å²) in [5, 5.41) is 3.23. The van der Waals surface area contributed by atoms with Gasteiger partial charge in [-0.25, -0.2) is 9.18 Å². The fourth-order valence-electron chi connectivity index (χ4n) is 2.92. The molecule has 0 aliphatic heterocycles. The van der Waals surface area contributed by atoms with Crippen molar-refractivity contribution in [3.63, 3.8) is 0 Å². The number of rotatable bonds is 3. The van der Waals surface area contributed by atoms with Crippen molar-refractivity contribution in [2.24, 2.45) is 5.92 Å². The molecule has 110 valence electrons. The number of methoxy groups -OCH3 is 1. The molecular weight excluding hydrogens is 257 g/mol. The number of carbonyl (C=O) groups excluding carboxylic acids is 1. The predicted molar refractivity (Wildman–Crippen MR) is 77.1 cm³/mol. The molecule has 0 aromatic heterocycles. The van der Waals surface area contributed by atoms with Crippen molar-refractivity contribution < 1.29 is 13.9 Å². The highest BCUT2D eigenvalue weighted by molar-refractivity contribution is 5.84. The Bertz CT molecular complexity index is 473. The summed E-state index contributed by atoms with van der Waals surface area (Å²) in [4.78, 5) is 12.2. The number of esters is 1. The summed E-state index contributed by atoms with van der Waals surface area (Å²) in [6.07, 6.45) is 3.37. The number of ether oxygens (including phenoxy) is 1. The lowest BCUT2D eigenvalue weighted by Crippen LogP contribution is -2.49. The van der Waals surface area contributed by atoms with E-state index in [1.807, 2.05) is 13.0 Å². The van der Waals surface area contributed by atoms with Crippen molar-refractivity contribution in [2.75, 3.05) is 12.4 Å². The molecule has 0 unspecified atom stereocenters. The first-order valence-electron chi connectivity index (χ1n) is 7.09. The molecule has 1 aromatic rings. The van der Waals surface area contributed by atoms with Gasteiger partial charge in [0, 0.05) is 5.69 Å². The molecule has 3 nitrogen and oxygen atoms in total. The van der Waals surface area contributed by atoms with Gasteiger partial charge in [-0.1, -0.05) is 6.92 Å². The number of carbonyl (C=O) groups is 1. The topological polar surface area (TPSA) is 38.3 Å². The average molecular weight is 279 g/mol. The van der Waals surface area contributed by atoms with Gasteiger partial charge in [0.05, 0.1) is 7.11 Å². The Hall–Kier alpha value is -1.58. The summed E-state index contributed by atoms with van der Waals surface area (Å²) >= 11 is 0. The van der Waals surface area contributed by atoms with Crippen molar-refractivity contribution in [2.45, 2.75) is 45.1 Å². The molecule has 1 fully saturated rings. The molecular formula is C16H22FNO2. The molecule has 20 heavy (non-hydrogen) atoms. The van der Waals surface area contributed by atoms with Crippen LogP contribution in [0.5, 0.6) is 0 Å². The SMILES string of the molecule is COC(=O)C1(Nc2cc(C)cc(F)c2)CCC(C)CC1. The molecule has 0 amide bonds. The zero-order valence-corrected chi connectivity index (χ0v) is 12.3. The molecule has 1 aromatic carbocycles. The van der Waals surface area contributed by atoms with Crippen LogP contribution in [-0.4, -0.2) is 18.6 Å². The molecule has 0 bridgehead atoms. The maximum Gasteiger partial charge on any atom is 0.331 e. The standard InChI is InChI=1S/C16H22FNO2/c1-11-4-6-16(7-5-11,15(19)20-3)18-14-9-12(2)8-13(17)10-14/h8-11,18H,4-7H2,1-3H3. The fraction of sp³-hybridized carbons (Fsp3) is 0.562. The van der Waals surface area contributed by atoms with Gasteiger partial charge >= 0.3 is 5.97 Å². The second-order valence-electron chi connectivity index (χ2n) is 5.90. The number of nitrogens with one attached hydrogen (secondary N) is 1. The van der Waals surface area contributed by atoms with Gasteiger partial charge in [0.1, 0.15) is 11.4 Å². The average Bonchev–Trinajstić information content (AvgIpc) is 2.39. The number of benzene rings is 1. The fourth-order valence-corrected chi connectivity index (χ4v) is 2.92. The lowest BCUT2D eigenvalue weighted by atomic mass is 9.77. The predicted octanol–water partition coefficient (Wildman–Crippen LogP) is 3.67. The summed E-state index contributed by atoms with van der Waals surface area (Å²) in [6, 6.07) is 4.75. The molecule has 2 rings (SSSR count). The van der Waals surface area contributed by atoms with Crippen LogP contribution in [0.25, 0.3) is 0 Å². The first-order chi connectivity index (χ1) is 9.45. The molecule has 1 aliphatic carbocycles. The Morgan fingerprint density at radius 2 is 2.00 bits per heavy atom. The normalized spacial score (nSPS) is 26.1. The minimum absolute atomic E-state index is 0.258. The smallest absolute Gasteiger partial charge is 0.331 e. The van der Waals surface area contributed by atoms with Crippen LogP contribution in [0.3, 0.4) is 0 Å². The third kappa shape index (κ3) is 3.11. The summed E-state index contributed by atoms with van der Waals surface area (Å²) in [5.41, 5.74) is 0.751. The first-order valence-corrected chi connectivity index (χ1v) is 7.09. The lowest BCUT2D eigenvalue weighted by molar-refractivity contribution is -0.147. The van der Waals surface area contributed by atoms with Crippen LogP contribution >= 0.6 is 0 Å². The van der Waals surface area contributed by atoms with Gasteiger partial charge in [0.2, 0.25) is 0 Å². The highest BCUT2D eigenvalue weighted by atomic mass is 19.1. The minimum atomic E-state index is -0.721. The molecule has 0 saturated heterocycles. The largest absolute Gasteiger partial charge is 0.467 e. The molecule has 0 radical (unpaired) electrons. The second-order valence-corrected chi connectivity index (χ2v) is 5.90. The Kier molecular flexibility index (Phi) is 4.31. The quantitative estimate of drug-likeness (QED) is 0.858. The molecule has 1 saturated carbocycles. The number of hydrogen-bond acceptors (Lipinski definition) is 3. The van der Waals surface area contributed by atoms with Crippen molar-refractivity contribution >= 4 is 11.7 Å². The van der Waals surface area contributed by atoms with Crippen LogP contribution in [0, 0.1) is 18.7 Å². The van der Waals surface area contributed by atoms with E-state index < -0.39 is 5.54 Å². The monoisotopic (exact) mass is 279 g/mol. The maximum absolute atomic E-state index is 13.5. The van der Waals surface area contributed by atoms with E-state index >= 15 is 0 Å². The van der Waals surface area contributed by atoms with E-state index in [4.69, 9.17) is 4.74 Å². The van der Waals surface area contributed by atoms with Gasteiger partial charge in [0.25, 0.3) is 0 Å². The van der Waals surface area contributed by atoms with Crippen molar-refractivity contribution in [1.29, 1.82) is 0 Å². The zero-order valence-electron chi connectivity index (χ0n) is 12.3. The Balaban J connectivity index is 2.26. The van der Waals surface area contributed by atoms with E-state index in [1.165, 1.54) is 19.2 Å². The van der Waals surface area contributed by atoms with Crippen molar-refractivity contribution in [1.82, 2.24) is 0 Å². The molecule has 1 aliphatic rings. The third-order valence-electron chi connectivity index (χ3n) is 4.13. The maximum atomic E-state index is 13.5. The van der Waals surface area contributed by atoms with E-state index in [-0.39, 0.29) is 11.8 Å². The zero-order chi connectivity index (χ0) is 14.8. The van der Waals surface area contributed by atoms with E-state index in [0.29, 0.717) is 11.6 Å². The van der Waals surface area contributed by atoms with Crippen LogP contribution in [0.4, 0.5) is 10.1 Å². The van der Waals surface area contributed by atoms with Gasteiger partial charge in [-0.2, -0.15) is 0 Å². The van der Waals surface area contributed by atoms with Gasteiger partial charge < -0.3 is 10.1 Å². The minimum Gasteiger partial charge on any atom is -0.467 e. The van der Waals surface area contributed by atoms with Crippen LogP contribution in [0.2, 0.25) is 0 Å². The van der Waals surface area contributed by atoms with Crippen LogP contribution in [0.15, 0.2) is 18.2 Å². The second kappa shape index (κ2) is 5.81. The van der Waals surface area contributed by atoms with Crippen LogP contribution < -0.4 is 5.32 Å². The summed E-state index contributed by atoms with van der Waals surface area (Å²) in [5.74, 6) is 0.0619. The van der Waals surface area contributed by atoms with Crippen LogP contribution in [0.1, 0.15) is 38.2 Å². The Morgan fingerprint density at radius 3 is 2.55 bits per heavy atom. The van der Waals surface area contributed by atoms with E-state index in [0.717, 1.165) is 31.2 Å². The summed E-state index contributed by atoms with van der Waals surface area (Å²) < 4.78 is 18.5. The summed E-state index contributed by atoms with van der Waals surface area (Å²) in [7, 11) is 1.40. The van der Waals surface area contributed by atoms with Gasteiger partial charge in [-0.15, -0.1) is 0 Å². The van der Waals surface area contributed by atoms with Gasteiger partial charge in [0.15, 0.2) is 0 Å². The summed E-state index contributed by atoms with van der Waals surface area (Å²) in [6.45, 7) is 4.02.